The van der Waals surface area contributed by atoms with E-state index in [0.29, 0.717) is 5.56 Å². The number of carbonyl (C=O) groups is 1. The summed E-state index contributed by atoms with van der Waals surface area (Å²) in [6, 6.07) is 5.47. The van der Waals surface area contributed by atoms with E-state index in [-0.39, 0.29) is 24.4 Å². The van der Waals surface area contributed by atoms with Gasteiger partial charge in [-0.25, -0.2) is 9.18 Å². The van der Waals surface area contributed by atoms with Crippen molar-refractivity contribution in [2.24, 2.45) is 0 Å². The van der Waals surface area contributed by atoms with E-state index in [9.17, 15) is 14.3 Å². The van der Waals surface area contributed by atoms with Crippen LogP contribution in [0.15, 0.2) is 36.9 Å². The lowest BCUT2D eigenvalue weighted by molar-refractivity contribution is 0.0590. The van der Waals surface area contributed by atoms with Crippen LogP contribution in [0, 0.1) is 5.82 Å². The third kappa shape index (κ3) is 5.32. The lowest BCUT2D eigenvalue weighted by atomic mass is 9.96. The van der Waals surface area contributed by atoms with E-state index in [2.05, 4.69) is 22.1 Å². The monoisotopic (exact) mass is 335 g/mol. The molecule has 6 heteroatoms. The minimum absolute atomic E-state index is 0.0553. The Morgan fingerprint density at radius 2 is 2.04 bits per heavy atom. The van der Waals surface area contributed by atoms with Crippen LogP contribution in [-0.4, -0.2) is 48.3 Å². The third-order valence-corrected chi connectivity index (χ3v) is 4.37. The highest BCUT2D eigenvalue weighted by molar-refractivity contribution is 5.74. The van der Waals surface area contributed by atoms with Gasteiger partial charge in [-0.3, -0.25) is 4.90 Å². The molecule has 5 nitrogen and oxygen atoms in total. The smallest absolute Gasteiger partial charge is 0.315 e. The van der Waals surface area contributed by atoms with Gasteiger partial charge in [-0.05, 0) is 37.5 Å². The molecule has 0 saturated carbocycles. The van der Waals surface area contributed by atoms with E-state index in [0.717, 1.165) is 32.5 Å². The Hall–Kier alpha value is -1.92. The van der Waals surface area contributed by atoms with Crippen LogP contribution >= 0.6 is 0 Å². The van der Waals surface area contributed by atoms with Crippen molar-refractivity contribution in [3.8, 4) is 0 Å². The molecule has 2 amide bonds. The molecule has 1 atom stereocenters. The number of piperidine rings is 1. The molecule has 1 saturated heterocycles. The van der Waals surface area contributed by atoms with Gasteiger partial charge in [0.25, 0.3) is 0 Å². The topological polar surface area (TPSA) is 64.6 Å². The molecular formula is C18H26FN3O2. The summed E-state index contributed by atoms with van der Waals surface area (Å²) in [6.45, 7) is 8.12. The van der Waals surface area contributed by atoms with Gasteiger partial charge in [0.05, 0.1) is 6.54 Å². The van der Waals surface area contributed by atoms with E-state index < -0.39 is 5.60 Å². The average molecular weight is 335 g/mol. The summed E-state index contributed by atoms with van der Waals surface area (Å²) in [6.07, 6.45) is 3.68. The number of urea groups is 1. The van der Waals surface area contributed by atoms with Crippen molar-refractivity contribution >= 4 is 6.03 Å². The highest BCUT2D eigenvalue weighted by Gasteiger charge is 2.25. The summed E-state index contributed by atoms with van der Waals surface area (Å²) in [5, 5.41) is 16.1. The van der Waals surface area contributed by atoms with Crippen molar-refractivity contribution in [3.05, 3.63) is 48.3 Å². The Balaban J connectivity index is 1.76. The standard InChI is InChI=1S/C18H26FN3O2/c1-3-10-22-11-8-16(9-12-22)21-17(23)20-13-18(2,24)14-4-6-15(19)7-5-14/h3-7,16,24H,1,8-13H2,2H3,(H2,20,21,23). The summed E-state index contributed by atoms with van der Waals surface area (Å²) in [7, 11) is 0. The number of amides is 2. The molecule has 0 spiro atoms. The van der Waals surface area contributed by atoms with Crippen molar-refractivity contribution in [1.82, 2.24) is 15.5 Å². The van der Waals surface area contributed by atoms with Crippen molar-refractivity contribution in [2.75, 3.05) is 26.2 Å². The number of nitrogens with zero attached hydrogens (tertiary/aromatic N) is 1. The second-order valence-electron chi connectivity index (χ2n) is 6.47. The van der Waals surface area contributed by atoms with E-state index in [1.165, 1.54) is 24.3 Å². The molecule has 0 radical (unpaired) electrons. The van der Waals surface area contributed by atoms with Crippen LogP contribution in [0.1, 0.15) is 25.3 Å². The summed E-state index contributed by atoms with van der Waals surface area (Å²) in [5.41, 5.74) is -0.694. The minimum atomic E-state index is -1.25. The molecule has 132 valence electrons. The second kappa shape index (κ2) is 8.26. The van der Waals surface area contributed by atoms with E-state index in [1.54, 1.807) is 6.92 Å². The predicted molar refractivity (Wildman–Crippen MR) is 92.2 cm³/mol. The van der Waals surface area contributed by atoms with E-state index in [4.69, 9.17) is 0 Å². The van der Waals surface area contributed by atoms with Crippen LogP contribution in [0.4, 0.5) is 9.18 Å². The zero-order valence-corrected chi connectivity index (χ0v) is 14.1. The molecule has 0 aliphatic carbocycles. The van der Waals surface area contributed by atoms with Crippen LogP contribution in [0.25, 0.3) is 0 Å². The Morgan fingerprint density at radius 1 is 1.42 bits per heavy atom. The van der Waals surface area contributed by atoms with Gasteiger partial charge in [0.2, 0.25) is 0 Å². The molecule has 1 unspecified atom stereocenters. The fraction of sp³-hybridized carbons (Fsp3) is 0.500. The largest absolute Gasteiger partial charge is 0.384 e. The number of benzene rings is 1. The molecule has 1 aliphatic rings. The molecule has 2 rings (SSSR count). The summed E-state index contributed by atoms with van der Waals surface area (Å²) in [5.74, 6) is -0.358. The van der Waals surface area contributed by atoms with Crippen LogP contribution in [0.2, 0.25) is 0 Å². The predicted octanol–water partition coefficient (Wildman–Crippen LogP) is 1.98. The molecule has 1 aliphatic heterocycles. The third-order valence-electron chi connectivity index (χ3n) is 4.37. The molecule has 1 fully saturated rings. The number of hydrogen-bond acceptors (Lipinski definition) is 3. The maximum Gasteiger partial charge on any atom is 0.315 e. The zero-order chi connectivity index (χ0) is 17.6. The molecule has 3 N–H and O–H groups in total. The molecule has 0 aromatic heterocycles. The quantitative estimate of drug-likeness (QED) is 0.697. The van der Waals surface area contributed by atoms with E-state index >= 15 is 0 Å². The molecule has 24 heavy (non-hydrogen) atoms. The molecule has 1 heterocycles. The SMILES string of the molecule is C=CCN1CCC(NC(=O)NCC(C)(O)c2ccc(F)cc2)CC1. The summed E-state index contributed by atoms with van der Waals surface area (Å²) >= 11 is 0. The van der Waals surface area contributed by atoms with Gasteiger partial charge in [0, 0.05) is 25.7 Å². The molecular weight excluding hydrogens is 309 g/mol. The van der Waals surface area contributed by atoms with Gasteiger partial charge in [0.15, 0.2) is 0 Å². The van der Waals surface area contributed by atoms with Gasteiger partial charge < -0.3 is 15.7 Å². The first-order chi connectivity index (χ1) is 11.4. The Bertz CT molecular complexity index is 552. The Kier molecular flexibility index (Phi) is 6.34. The first-order valence-electron chi connectivity index (χ1n) is 8.27. The van der Waals surface area contributed by atoms with Gasteiger partial charge in [0.1, 0.15) is 11.4 Å². The highest BCUT2D eigenvalue weighted by Crippen LogP contribution is 2.19. The van der Waals surface area contributed by atoms with Gasteiger partial charge in [-0.1, -0.05) is 18.2 Å². The number of halogens is 1. The van der Waals surface area contributed by atoms with Gasteiger partial charge in [-0.2, -0.15) is 0 Å². The maximum atomic E-state index is 13.0. The highest BCUT2D eigenvalue weighted by atomic mass is 19.1. The number of hydrogen-bond donors (Lipinski definition) is 3. The van der Waals surface area contributed by atoms with Crippen LogP contribution < -0.4 is 10.6 Å². The van der Waals surface area contributed by atoms with E-state index in [1.807, 2.05) is 6.08 Å². The van der Waals surface area contributed by atoms with Crippen molar-refractivity contribution in [1.29, 1.82) is 0 Å². The van der Waals surface area contributed by atoms with Crippen molar-refractivity contribution in [2.45, 2.75) is 31.4 Å². The zero-order valence-electron chi connectivity index (χ0n) is 14.1. The van der Waals surface area contributed by atoms with Gasteiger partial charge in [-0.15, -0.1) is 6.58 Å². The number of nitrogens with one attached hydrogen (secondary N) is 2. The molecule has 0 bridgehead atoms. The first-order valence-corrected chi connectivity index (χ1v) is 8.27. The molecule has 1 aromatic rings. The Labute approximate surface area is 142 Å². The van der Waals surface area contributed by atoms with Crippen LogP contribution in [-0.2, 0) is 5.60 Å². The normalized spacial score (nSPS) is 18.6. The lowest BCUT2D eigenvalue weighted by Gasteiger charge is -2.32. The number of carbonyl (C=O) groups excluding carboxylic acids is 1. The summed E-state index contributed by atoms with van der Waals surface area (Å²) in [4.78, 5) is 14.3. The van der Waals surface area contributed by atoms with Crippen molar-refractivity contribution < 1.29 is 14.3 Å². The van der Waals surface area contributed by atoms with Crippen molar-refractivity contribution in [3.63, 3.8) is 0 Å². The second-order valence-corrected chi connectivity index (χ2v) is 6.47. The van der Waals surface area contributed by atoms with Crippen LogP contribution in [0.5, 0.6) is 0 Å². The van der Waals surface area contributed by atoms with Crippen LogP contribution in [0.3, 0.4) is 0 Å². The maximum absolute atomic E-state index is 13.0. The average Bonchev–Trinajstić information content (AvgIpc) is 2.56. The first kappa shape index (κ1) is 18.4. The molecule has 1 aromatic carbocycles. The fourth-order valence-electron chi connectivity index (χ4n) is 2.84. The Morgan fingerprint density at radius 3 is 2.62 bits per heavy atom. The van der Waals surface area contributed by atoms with Gasteiger partial charge >= 0.3 is 6.03 Å². The fourth-order valence-corrected chi connectivity index (χ4v) is 2.84. The number of likely N-dealkylation sites (tertiary alicyclic amines) is 1. The number of aliphatic hydroxyl groups is 1. The lowest BCUT2D eigenvalue weighted by Crippen LogP contribution is -2.50. The summed E-state index contributed by atoms with van der Waals surface area (Å²) < 4.78 is 13.0. The number of rotatable bonds is 6. The minimum Gasteiger partial charge on any atom is -0.384 e.